The average Bonchev–Trinajstić information content (AvgIpc) is 2.95. The minimum atomic E-state index is 1.07. The molecular formula is C33H28Br2N2S2. The first-order chi connectivity index (χ1) is 19.2. The van der Waals surface area contributed by atoms with E-state index >= 15 is 0 Å². The Morgan fingerprint density at radius 2 is 0.872 bits per heavy atom. The van der Waals surface area contributed by atoms with Crippen molar-refractivity contribution in [3.63, 3.8) is 0 Å². The normalized spacial score (nSPS) is 11.7. The fourth-order valence-electron chi connectivity index (χ4n) is 5.05. The van der Waals surface area contributed by atoms with Crippen LogP contribution in [0.15, 0.2) is 104 Å². The molecule has 2 nitrogen and oxygen atoms in total. The van der Waals surface area contributed by atoms with Gasteiger partial charge < -0.3 is 0 Å². The van der Waals surface area contributed by atoms with Crippen LogP contribution in [0, 0.1) is 0 Å². The van der Waals surface area contributed by atoms with Gasteiger partial charge in [-0.15, -0.1) is 23.5 Å². The number of aromatic nitrogens is 2. The summed E-state index contributed by atoms with van der Waals surface area (Å²) in [6, 6.07) is 29.8. The number of hydrogen-bond donors (Lipinski definition) is 0. The van der Waals surface area contributed by atoms with Gasteiger partial charge in [-0.05, 0) is 72.9 Å². The molecule has 6 heteroatoms. The number of benzene rings is 4. The Bertz CT molecular complexity index is 1660. The van der Waals surface area contributed by atoms with E-state index in [-0.39, 0.29) is 0 Å². The van der Waals surface area contributed by atoms with Gasteiger partial charge in [-0.2, -0.15) is 0 Å². The summed E-state index contributed by atoms with van der Waals surface area (Å²) in [6.45, 7) is 0. The summed E-state index contributed by atoms with van der Waals surface area (Å²) in [7, 11) is 0. The maximum Gasteiger partial charge on any atom is 0.0721 e. The highest BCUT2D eigenvalue weighted by Crippen LogP contribution is 2.37. The average molecular weight is 677 g/mol. The van der Waals surface area contributed by atoms with Crippen LogP contribution in [0.5, 0.6) is 0 Å². The molecule has 0 aliphatic heterocycles. The third-order valence-corrected chi connectivity index (χ3v) is 10.4. The molecule has 0 bridgehead atoms. The largest absolute Gasteiger partial charge is 0.248 e. The van der Waals surface area contributed by atoms with Gasteiger partial charge in [0.15, 0.2) is 0 Å². The number of fused-ring (bicyclic) bond motifs is 4. The summed E-state index contributed by atoms with van der Waals surface area (Å²) >= 11 is 11.3. The van der Waals surface area contributed by atoms with Crippen molar-refractivity contribution in [1.29, 1.82) is 0 Å². The van der Waals surface area contributed by atoms with E-state index in [9.17, 15) is 0 Å². The molecule has 0 atom stereocenters. The number of rotatable bonds is 10. The molecule has 2 aromatic heterocycles. The third kappa shape index (κ3) is 6.14. The Morgan fingerprint density at radius 3 is 1.36 bits per heavy atom. The summed E-state index contributed by atoms with van der Waals surface area (Å²) in [4.78, 5) is 12.5. The van der Waals surface area contributed by atoms with E-state index in [0.717, 1.165) is 42.5 Å². The van der Waals surface area contributed by atoms with Gasteiger partial charge in [-0.25, -0.2) is 9.97 Å². The van der Waals surface area contributed by atoms with Crippen LogP contribution in [0.4, 0.5) is 0 Å². The van der Waals surface area contributed by atoms with Crippen molar-refractivity contribution in [2.75, 3.05) is 11.5 Å². The van der Waals surface area contributed by atoms with Gasteiger partial charge in [0.25, 0.3) is 0 Å². The van der Waals surface area contributed by atoms with Crippen molar-refractivity contribution in [1.82, 2.24) is 9.97 Å². The van der Waals surface area contributed by atoms with Gasteiger partial charge in [-0.3, -0.25) is 0 Å². The Balaban J connectivity index is 1.02. The molecule has 0 spiro atoms. The van der Waals surface area contributed by atoms with Gasteiger partial charge >= 0.3 is 0 Å². The van der Waals surface area contributed by atoms with E-state index in [1.165, 1.54) is 63.4 Å². The van der Waals surface area contributed by atoms with E-state index in [4.69, 9.17) is 9.97 Å². The van der Waals surface area contributed by atoms with Crippen molar-refractivity contribution in [2.45, 2.75) is 41.9 Å². The summed E-state index contributed by atoms with van der Waals surface area (Å²) in [5, 5.41) is 5.00. The van der Waals surface area contributed by atoms with Crippen LogP contribution in [0.1, 0.15) is 32.1 Å². The zero-order chi connectivity index (χ0) is 26.6. The van der Waals surface area contributed by atoms with Crippen molar-refractivity contribution in [2.24, 2.45) is 0 Å². The van der Waals surface area contributed by atoms with Crippen LogP contribution in [0.25, 0.3) is 43.6 Å². The number of thioether (sulfide) groups is 2. The first-order valence-electron chi connectivity index (χ1n) is 13.4. The highest BCUT2D eigenvalue weighted by atomic mass is 79.9. The van der Waals surface area contributed by atoms with Crippen LogP contribution in [0.3, 0.4) is 0 Å². The number of para-hydroxylation sites is 2. The molecule has 6 rings (SSSR count). The molecule has 0 aliphatic carbocycles. The van der Waals surface area contributed by atoms with E-state index in [2.05, 4.69) is 117 Å². The molecule has 0 saturated heterocycles. The third-order valence-electron chi connectivity index (χ3n) is 6.97. The predicted octanol–water partition coefficient (Wildman–Crippen LogP) is 11.4. The zero-order valence-corrected chi connectivity index (χ0v) is 26.3. The monoisotopic (exact) mass is 674 g/mol. The lowest BCUT2D eigenvalue weighted by Gasteiger charge is -2.11. The molecule has 39 heavy (non-hydrogen) atoms. The second-order valence-electron chi connectivity index (χ2n) is 9.70. The molecule has 0 saturated carbocycles. The summed E-state index contributed by atoms with van der Waals surface area (Å²) in [6.07, 6.45) is 6.30. The highest BCUT2D eigenvalue weighted by molar-refractivity contribution is 9.10. The van der Waals surface area contributed by atoms with E-state index in [0.29, 0.717) is 0 Å². The minimum absolute atomic E-state index is 1.07. The van der Waals surface area contributed by atoms with Crippen LogP contribution in [-0.4, -0.2) is 21.5 Å². The minimum Gasteiger partial charge on any atom is -0.248 e. The second-order valence-corrected chi connectivity index (χ2v) is 13.7. The number of nitrogens with zero attached hydrogens (tertiary/aromatic N) is 2. The molecule has 196 valence electrons. The molecule has 2 heterocycles. The Kier molecular flexibility index (Phi) is 8.74. The van der Waals surface area contributed by atoms with Gasteiger partial charge in [0.1, 0.15) is 0 Å². The van der Waals surface area contributed by atoms with Gasteiger partial charge in [0.05, 0.1) is 22.1 Å². The number of halogens is 2. The van der Waals surface area contributed by atoms with E-state index in [1.807, 2.05) is 23.5 Å². The highest BCUT2D eigenvalue weighted by Gasteiger charge is 2.11. The SMILES string of the molecule is Brc1ccc2nc3ccccc3c(SCCCCCCCSc3c4ccccc4nc4ccc(Br)cc34)c2c1. The van der Waals surface area contributed by atoms with Crippen molar-refractivity contribution in [3.8, 4) is 0 Å². The molecule has 4 aromatic carbocycles. The molecule has 0 radical (unpaired) electrons. The lowest BCUT2D eigenvalue weighted by molar-refractivity contribution is 0.662. The fourth-order valence-corrected chi connectivity index (χ4v) is 8.17. The van der Waals surface area contributed by atoms with Crippen LogP contribution >= 0.6 is 55.4 Å². The van der Waals surface area contributed by atoms with Gasteiger partial charge in [0.2, 0.25) is 0 Å². The molecule has 6 aromatic rings. The van der Waals surface area contributed by atoms with Crippen LogP contribution in [0.2, 0.25) is 0 Å². The Hall–Kier alpha value is -2.12. The van der Waals surface area contributed by atoms with Crippen molar-refractivity contribution < 1.29 is 0 Å². The zero-order valence-electron chi connectivity index (χ0n) is 21.5. The molecule has 0 N–H and O–H groups in total. The standard InChI is InChI=1S/C33H28Br2N2S2/c34-22-14-16-30-26(20-22)32(24-10-4-6-12-28(24)36-30)38-18-8-2-1-3-9-19-39-33-25-11-5-7-13-29(25)37-31-17-15-23(35)21-27(31)33/h4-7,10-17,20-21H,1-3,8-9,18-19H2. The quantitative estimate of drug-likeness (QED) is 0.0820. The first-order valence-corrected chi connectivity index (χ1v) is 16.9. The maximum absolute atomic E-state index is 4.88. The summed E-state index contributed by atoms with van der Waals surface area (Å²) in [5.41, 5.74) is 4.29. The molecule has 0 fully saturated rings. The lowest BCUT2D eigenvalue weighted by Crippen LogP contribution is -1.90. The Morgan fingerprint density at radius 1 is 0.462 bits per heavy atom. The summed E-state index contributed by atoms with van der Waals surface area (Å²) < 4.78 is 2.21. The van der Waals surface area contributed by atoms with Crippen molar-refractivity contribution >= 4 is 99.0 Å². The molecular weight excluding hydrogens is 648 g/mol. The van der Waals surface area contributed by atoms with E-state index in [1.54, 1.807) is 0 Å². The number of unbranched alkanes of at least 4 members (excludes halogenated alkanes) is 4. The number of hydrogen-bond acceptors (Lipinski definition) is 4. The molecule has 0 unspecified atom stereocenters. The second kappa shape index (κ2) is 12.6. The smallest absolute Gasteiger partial charge is 0.0721 e. The first kappa shape index (κ1) is 27.1. The molecule has 0 aliphatic rings. The fraction of sp³-hybridized carbons (Fsp3) is 0.212. The van der Waals surface area contributed by atoms with Gasteiger partial charge in [-0.1, -0.05) is 87.5 Å². The van der Waals surface area contributed by atoms with Crippen molar-refractivity contribution in [3.05, 3.63) is 93.9 Å². The lowest BCUT2D eigenvalue weighted by atomic mass is 10.1. The predicted molar refractivity (Wildman–Crippen MR) is 178 cm³/mol. The van der Waals surface area contributed by atoms with Crippen LogP contribution < -0.4 is 0 Å². The Labute approximate surface area is 254 Å². The number of pyridine rings is 2. The summed E-state index contributed by atoms with van der Waals surface area (Å²) in [5.74, 6) is 2.27. The van der Waals surface area contributed by atoms with Gasteiger partial charge in [0, 0.05) is 40.3 Å². The topological polar surface area (TPSA) is 25.8 Å². The van der Waals surface area contributed by atoms with Crippen LogP contribution in [-0.2, 0) is 0 Å². The molecule has 0 amide bonds. The maximum atomic E-state index is 4.88. The van der Waals surface area contributed by atoms with E-state index < -0.39 is 0 Å².